The molecule has 3 heteroatoms. The molecule has 0 atom stereocenters. The number of pyridine rings is 1. The molecule has 0 aliphatic heterocycles. The zero-order valence-electron chi connectivity index (χ0n) is 15.2. The van der Waals surface area contributed by atoms with Crippen LogP contribution in [0.1, 0.15) is 42.1 Å². The first-order valence-corrected chi connectivity index (χ1v) is 8.86. The van der Waals surface area contributed by atoms with Crippen LogP contribution in [-0.2, 0) is 6.54 Å². The van der Waals surface area contributed by atoms with Gasteiger partial charge in [-0.05, 0) is 49.6 Å². The first kappa shape index (κ1) is 17.2. The predicted octanol–water partition coefficient (Wildman–Crippen LogP) is 5.63. The van der Waals surface area contributed by atoms with Crippen LogP contribution in [0, 0.1) is 19.3 Å². The van der Waals surface area contributed by atoms with Crippen molar-refractivity contribution in [3.8, 4) is 0 Å². The minimum Gasteiger partial charge on any atom is -0.381 e. The van der Waals surface area contributed by atoms with Crippen LogP contribution in [0.15, 0.2) is 48.5 Å². The van der Waals surface area contributed by atoms with Crippen molar-refractivity contribution in [3.05, 3.63) is 70.9 Å². The van der Waals surface area contributed by atoms with Gasteiger partial charge in [0.15, 0.2) is 0 Å². The summed E-state index contributed by atoms with van der Waals surface area (Å²) in [5.74, 6) is 0. The van der Waals surface area contributed by atoms with Gasteiger partial charge in [-0.1, -0.05) is 43.7 Å². The zero-order chi connectivity index (χ0) is 17.8. The molecule has 0 aliphatic carbocycles. The van der Waals surface area contributed by atoms with Crippen LogP contribution in [0.25, 0.3) is 10.9 Å². The Morgan fingerprint density at radius 3 is 2.64 bits per heavy atom. The summed E-state index contributed by atoms with van der Waals surface area (Å²) in [7, 11) is 0. The molecule has 0 saturated heterocycles. The van der Waals surface area contributed by atoms with Gasteiger partial charge in [-0.15, -0.1) is 0 Å². The van der Waals surface area contributed by atoms with Crippen molar-refractivity contribution in [3.63, 3.8) is 0 Å². The van der Waals surface area contributed by atoms with Crippen LogP contribution in [0.3, 0.4) is 0 Å². The van der Waals surface area contributed by atoms with Gasteiger partial charge >= 0.3 is 0 Å². The second kappa shape index (κ2) is 7.47. The lowest BCUT2D eigenvalue weighted by atomic mass is 10.00. The number of aromatic nitrogens is 1. The van der Waals surface area contributed by atoms with Gasteiger partial charge in [0.2, 0.25) is 0 Å². The summed E-state index contributed by atoms with van der Waals surface area (Å²) in [5, 5.41) is 12.9. The van der Waals surface area contributed by atoms with E-state index in [9.17, 15) is 0 Å². The zero-order valence-corrected chi connectivity index (χ0v) is 15.2. The summed E-state index contributed by atoms with van der Waals surface area (Å²) < 4.78 is 0. The lowest BCUT2D eigenvalue weighted by Crippen LogP contribution is -2.03. The van der Waals surface area contributed by atoms with E-state index in [2.05, 4.69) is 66.6 Å². The maximum atomic E-state index is 8.34. The third-order valence-corrected chi connectivity index (χ3v) is 4.51. The van der Waals surface area contributed by atoms with Crippen molar-refractivity contribution in [1.29, 1.82) is 5.41 Å². The molecular formula is C22H25N3. The second-order valence-electron chi connectivity index (χ2n) is 6.55. The first-order chi connectivity index (χ1) is 12.1. The summed E-state index contributed by atoms with van der Waals surface area (Å²) in [5.41, 5.74) is 7.26. The van der Waals surface area contributed by atoms with Crippen molar-refractivity contribution in [1.82, 2.24) is 4.98 Å². The Hall–Kier alpha value is -2.68. The normalized spacial score (nSPS) is 10.8. The van der Waals surface area contributed by atoms with Gasteiger partial charge in [0.1, 0.15) is 0 Å². The minimum atomic E-state index is 0.693. The van der Waals surface area contributed by atoms with Gasteiger partial charge in [0.05, 0.1) is 5.52 Å². The fraction of sp³-hybridized carbons (Fsp3) is 0.273. The maximum Gasteiger partial charge on any atom is 0.0732 e. The van der Waals surface area contributed by atoms with Gasteiger partial charge in [0.25, 0.3) is 0 Å². The van der Waals surface area contributed by atoms with Crippen LogP contribution in [-0.4, -0.2) is 10.7 Å². The van der Waals surface area contributed by atoms with Crippen molar-refractivity contribution in [2.24, 2.45) is 0 Å². The summed E-state index contributed by atoms with van der Waals surface area (Å²) >= 11 is 0. The largest absolute Gasteiger partial charge is 0.381 e. The number of anilines is 1. The highest BCUT2D eigenvalue weighted by Gasteiger charge is 2.09. The molecule has 25 heavy (non-hydrogen) atoms. The minimum absolute atomic E-state index is 0.693. The number of rotatable bonds is 6. The molecule has 1 aromatic heterocycles. The van der Waals surface area contributed by atoms with Crippen molar-refractivity contribution in [2.75, 3.05) is 5.32 Å². The number of aryl methyl sites for hydroxylation is 2. The summed E-state index contributed by atoms with van der Waals surface area (Å²) in [6, 6.07) is 16.7. The van der Waals surface area contributed by atoms with E-state index >= 15 is 0 Å². The Balaban J connectivity index is 1.89. The average Bonchev–Trinajstić information content (AvgIpc) is 2.60. The Morgan fingerprint density at radius 1 is 1.08 bits per heavy atom. The monoisotopic (exact) mass is 331 g/mol. The smallest absolute Gasteiger partial charge is 0.0732 e. The molecular weight excluding hydrogens is 306 g/mol. The summed E-state index contributed by atoms with van der Waals surface area (Å²) in [6.07, 6.45) is 1.78. The Kier molecular flexibility index (Phi) is 5.13. The van der Waals surface area contributed by atoms with E-state index in [4.69, 9.17) is 5.41 Å². The Bertz CT molecular complexity index is 912. The van der Waals surface area contributed by atoms with E-state index in [1.807, 2.05) is 13.0 Å². The van der Waals surface area contributed by atoms with E-state index in [0.717, 1.165) is 47.2 Å². The molecule has 3 nitrogen and oxygen atoms in total. The summed E-state index contributed by atoms with van der Waals surface area (Å²) in [4.78, 5) is 4.68. The molecule has 3 rings (SSSR count). The van der Waals surface area contributed by atoms with Crippen LogP contribution in [0.2, 0.25) is 0 Å². The average molecular weight is 331 g/mol. The fourth-order valence-electron chi connectivity index (χ4n) is 3.11. The van der Waals surface area contributed by atoms with Crippen molar-refractivity contribution < 1.29 is 0 Å². The number of nitrogens with zero attached hydrogens (tertiary/aromatic N) is 1. The van der Waals surface area contributed by atoms with Gasteiger partial charge in [-0.25, -0.2) is 0 Å². The van der Waals surface area contributed by atoms with Crippen LogP contribution < -0.4 is 5.32 Å². The van der Waals surface area contributed by atoms with E-state index in [-0.39, 0.29) is 0 Å². The molecule has 3 aromatic rings. The van der Waals surface area contributed by atoms with Crippen LogP contribution in [0.4, 0.5) is 5.69 Å². The second-order valence-corrected chi connectivity index (χ2v) is 6.55. The highest BCUT2D eigenvalue weighted by molar-refractivity contribution is 6.09. The van der Waals surface area contributed by atoms with Crippen LogP contribution in [0.5, 0.6) is 0 Å². The fourth-order valence-corrected chi connectivity index (χ4v) is 3.11. The molecule has 0 aliphatic rings. The third kappa shape index (κ3) is 3.87. The topological polar surface area (TPSA) is 48.8 Å². The molecule has 0 spiro atoms. The highest BCUT2D eigenvalue weighted by Crippen LogP contribution is 2.24. The van der Waals surface area contributed by atoms with Gasteiger partial charge in [-0.3, -0.25) is 4.98 Å². The van der Waals surface area contributed by atoms with Gasteiger partial charge in [0, 0.05) is 34.6 Å². The summed E-state index contributed by atoms with van der Waals surface area (Å²) in [6.45, 7) is 7.03. The van der Waals surface area contributed by atoms with Gasteiger partial charge in [-0.2, -0.15) is 0 Å². The van der Waals surface area contributed by atoms with Crippen molar-refractivity contribution in [2.45, 2.75) is 40.2 Å². The SMILES string of the molecule is CCCC(=N)c1cc(C)nc2cc(NCc3ccccc3C)ccc12. The lowest BCUT2D eigenvalue weighted by molar-refractivity contribution is 0.986. The number of benzene rings is 2. The molecule has 2 N–H and O–H groups in total. The first-order valence-electron chi connectivity index (χ1n) is 8.86. The maximum absolute atomic E-state index is 8.34. The molecule has 0 bridgehead atoms. The van der Waals surface area contributed by atoms with Crippen LogP contribution >= 0.6 is 0 Å². The predicted molar refractivity (Wildman–Crippen MR) is 107 cm³/mol. The van der Waals surface area contributed by atoms with Gasteiger partial charge < -0.3 is 10.7 Å². The lowest BCUT2D eigenvalue weighted by Gasteiger charge is -2.12. The molecule has 0 saturated carbocycles. The highest BCUT2D eigenvalue weighted by atomic mass is 14.9. The molecule has 0 radical (unpaired) electrons. The number of nitrogens with one attached hydrogen (secondary N) is 2. The number of hydrogen-bond donors (Lipinski definition) is 2. The molecule has 0 unspecified atom stereocenters. The quantitative estimate of drug-likeness (QED) is 0.575. The van der Waals surface area contributed by atoms with E-state index in [1.54, 1.807) is 0 Å². The number of hydrogen-bond acceptors (Lipinski definition) is 3. The Labute approximate surface area is 149 Å². The molecule has 1 heterocycles. The standard InChI is InChI=1S/C22H25N3/c1-4-7-21(23)20-12-16(3)25-22-13-18(10-11-19(20)22)24-14-17-9-6-5-8-15(17)2/h5-6,8-13,23-24H,4,7,14H2,1-3H3. The molecule has 2 aromatic carbocycles. The van der Waals surface area contributed by atoms with Crippen molar-refractivity contribution >= 4 is 22.3 Å². The molecule has 0 amide bonds. The van der Waals surface area contributed by atoms with E-state index in [0.29, 0.717) is 5.71 Å². The molecule has 128 valence electrons. The van der Waals surface area contributed by atoms with E-state index in [1.165, 1.54) is 11.1 Å². The number of fused-ring (bicyclic) bond motifs is 1. The van der Waals surface area contributed by atoms with E-state index < -0.39 is 0 Å². The third-order valence-electron chi connectivity index (χ3n) is 4.51. The molecule has 0 fully saturated rings. The Morgan fingerprint density at radius 2 is 1.88 bits per heavy atom.